The Bertz CT molecular complexity index is 283. The molecule has 1 rings (SSSR count). The number of ether oxygens (including phenoxy) is 2. The summed E-state index contributed by atoms with van der Waals surface area (Å²) in [6.07, 6.45) is 2.92. The van der Waals surface area contributed by atoms with E-state index in [-0.39, 0.29) is 5.97 Å². The predicted molar refractivity (Wildman–Crippen MR) is 80.7 cm³/mol. The van der Waals surface area contributed by atoms with E-state index in [0.29, 0.717) is 12.5 Å². The van der Waals surface area contributed by atoms with E-state index in [9.17, 15) is 4.79 Å². The van der Waals surface area contributed by atoms with Crippen molar-refractivity contribution >= 4 is 5.97 Å². The molecule has 0 unspecified atom stereocenters. The molecule has 0 aromatic carbocycles. The van der Waals surface area contributed by atoms with Gasteiger partial charge in [-0.25, -0.2) is 0 Å². The van der Waals surface area contributed by atoms with Crippen molar-refractivity contribution in [2.24, 2.45) is 11.3 Å². The number of nitrogens with zero attached hydrogens (tertiary/aromatic N) is 1. The molecule has 1 aliphatic rings. The third-order valence-electron chi connectivity index (χ3n) is 3.87. The van der Waals surface area contributed by atoms with Crippen LogP contribution in [0.25, 0.3) is 0 Å². The molecule has 0 atom stereocenters. The lowest BCUT2D eigenvalue weighted by atomic mass is 9.89. The lowest BCUT2D eigenvalue weighted by Gasteiger charge is -2.30. The number of carbonyl (C=O) groups excluding carboxylic acids is 1. The van der Waals surface area contributed by atoms with Crippen LogP contribution >= 0.6 is 0 Å². The zero-order valence-corrected chi connectivity index (χ0v) is 13.6. The summed E-state index contributed by atoms with van der Waals surface area (Å²) in [5.41, 5.74) is -0.393. The molecule has 0 aromatic rings. The van der Waals surface area contributed by atoms with Gasteiger partial charge in [-0.2, -0.15) is 0 Å². The fourth-order valence-electron chi connectivity index (χ4n) is 2.22. The standard InChI is InChI=1S/C16H31NO3/c1-14(2)6-5-11-20-15(18)16(3,4)7-8-17-9-12-19-13-10-17/h14H,5-13H2,1-4H3. The van der Waals surface area contributed by atoms with E-state index >= 15 is 0 Å². The molecule has 0 radical (unpaired) electrons. The molecule has 1 saturated heterocycles. The number of carbonyl (C=O) groups is 1. The lowest BCUT2D eigenvalue weighted by Crippen LogP contribution is -2.39. The minimum absolute atomic E-state index is 0.0606. The van der Waals surface area contributed by atoms with Gasteiger partial charge in [0.05, 0.1) is 25.2 Å². The van der Waals surface area contributed by atoms with Crippen molar-refractivity contribution in [1.82, 2.24) is 4.90 Å². The van der Waals surface area contributed by atoms with Crippen LogP contribution in [0.15, 0.2) is 0 Å². The number of hydrogen-bond acceptors (Lipinski definition) is 4. The van der Waals surface area contributed by atoms with E-state index in [0.717, 1.165) is 52.1 Å². The van der Waals surface area contributed by atoms with Crippen LogP contribution in [0, 0.1) is 11.3 Å². The van der Waals surface area contributed by atoms with Crippen molar-refractivity contribution in [2.75, 3.05) is 39.5 Å². The third kappa shape index (κ3) is 6.71. The fourth-order valence-corrected chi connectivity index (χ4v) is 2.22. The molecule has 0 spiro atoms. The molecule has 4 heteroatoms. The van der Waals surface area contributed by atoms with Gasteiger partial charge < -0.3 is 9.47 Å². The topological polar surface area (TPSA) is 38.8 Å². The number of hydrogen-bond donors (Lipinski definition) is 0. The van der Waals surface area contributed by atoms with E-state index < -0.39 is 5.41 Å². The van der Waals surface area contributed by atoms with Gasteiger partial charge in [0.15, 0.2) is 0 Å². The Hall–Kier alpha value is -0.610. The largest absolute Gasteiger partial charge is 0.465 e. The van der Waals surface area contributed by atoms with Gasteiger partial charge in [-0.3, -0.25) is 9.69 Å². The summed E-state index contributed by atoms with van der Waals surface area (Å²) in [4.78, 5) is 14.5. The van der Waals surface area contributed by atoms with Gasteiger partial charge in [0.2, 0.25) is 0 Å². The maximum Gasteiger partial charge on any atom is 0.311 e. The highest BCUT2D eigenvalue weighted by molar-refractivity contribution is 5.75. The average Bonchev–Trinajstić information content (AvgIpc) is 2.42. The van der Waals surface area contributed by atoms with Gasteiger partial charge in [0.25, 0.3) is 0 Å². The van der Waals surface area contributed by atoms with E-state index in [2.05, 4.69) is 18.7 Å². The van der Waals surface area contributed by atoms with Crippen LogP contribution in [-0.2, 0) is 14.3 Å². The molecule has 0 bridgehead atoms. The molecule has 118 valence electrons. The zero-order valence-electron chi connectivity index (χ0n) is 13.6. The Morgan fingerprint density at radius 1 is 1.30 bits per heavy atom. The average molecular weight is 285 g/mol. The van der Waals surface area contributed by atoms with Crippen LogP contribution in [0.3, 0.4) is 0 Å². The van der Waals surface area contributed by atoms with Gasteiger partial charge in [-0.15, -0.1) is 0 Å². The predicted octanol–water partition coefficient (Wildman–Crippen LogP) is 2.71. The van der Waals surface area contributed by atoms with Crippen molar-refractivity contribution in [1.29, 1.82) is 0 Å². The van der Waals surface area contributed by atoms with Gasteiger partial charge in [0.1, 0.15) is 0 Å². The van der Waals surface area contributed by atoms with Gasteiger partial charge >= 0.3 is 5.97 Å². The summed E-state index contributed by atoms with van der Waals surface area (Å²) in [5.74, 6) is 0.609. The number of esters is 1. The van der Waals surface area contributed by atoms with Gasteiger partial charge in [-0.05, 0) is 45.6 Å². The van der Waals surface area contributed by atoms with E-state index in [1.54, 1.807) is 0 Å². The highest BCUT2D eigenvalue weighted by Crippen LogP contribution is 2.23. The Balaban J connectivity index is 2.21. The molecular weight excluding hydrogens is 254 g/mol. The minimum Gasteiger partial charge on any atom is -0.465 e. The van der Waals surface area contributed by atoms with Crippen LogP contribution < -0.4 is 0 Å². The van der Waals surface area contributed by atoms with E-state index in [4.69, 9.17) is 9.47 Å². The number of morpholine rings is 1. The molecule has 1 fully saturated rings. The first-order chi connectivity index (χ1) is 9.42. The minimum atomic E-state index is -0.393. The Labute approximate surface area is 123 Å². The first-order valence-electron chi connectivity index (χ1n) is 7.89. The molecule has 0 N–H and O–H groups in total. The smallest absolute Gasteiger partial charge is 0.311 e. The normalized spacial score (nSPS) is 17.4. The summed E-state index contributed by atoms with van der Waals surface area (Å²) < 4.78 is 10.7. The van der Waals surface area contributed by atoms with Crippen LogP contribution in [0.1, 0.15) is 47.0 Å². The summed E-state index contributed by atoms with van der Waals surface area (Å²) in [7, 11) is 0. The third-order valence-corrected chi connectivity index (χ3v) is 3.87. The molecule has 20 heavy (non-hydrogen) atoms. The van der Waals surface area contributed by atoms with Crippen molar-refractivity contribution in [3.63, 3.8) is 0 Å². The molecular formula is C16H31NO3. The molecule has 1 heterocycles. The van der Waals surface area contributed by atoms with Gasteiger partial charge in [-0.1, -0.05) is 13.8 Å². The summed E-state index contributed by atoms with van der Waals surface area (Å²) in [5, 5.41) is 0. The van der Waals surface area contributed by atoms with Gasteiger partial charge in [0, 0.05) is 13.1 Å². The van der Waals surface area contributed by atoms with Crippen molar-refractivity contribution in [3.8, 4) is 0 Å². The maximum atomic E-state index is 12.1. The SMILES string of the molecule is CC(C)CCCOC(=O)C(C)(C)CCN1CCOCC1. The van der Waals surface area contributed by atoms with Crippen molar-refractivity contribution in [3.05, 3.63) is 0 Å². The van der Waals surface area contributed by atoms with E-state index in [1.807, 2.05) is 13.8 Å². The molecule has 0 amide bonds. The second kappa shape index (κ2) is 8.63. The van der Waals surface area contributed by atoms with Crippen LogP contribution in [0.5, 0.6) is 0 Å². The Morgan fingerprint density at radius 2 is 1.95 bits per heavy atom. The Morgan fingerprint density at radius 3 is 2.55 bits per heavy atom. The van der Waals surface area contributed by atoms with Crippen molar-refractivity contribution < 1.29 is 14.3 Å². The summed E-state index contributed by atoms with van der Waals surface area (Å²) >= 11 is 0. The monoisotopic (exact) mass is 285 g/mol. The molecule has 0 aromatic heterocycles. The molecule has 4 nitrogen and oxygen atoms in total. The lowest BCUT2D eigenvalue weighted by molar-refractivity contribution is -0.154. The zero-order chi connectivity index (χ0) is 15.0. The van der Waals surface area contributed by atoms with Crippen LogP contribution in [-0.4, -0.2) is 50.3 Å². The van der Waals surface area contributed by atoms with E-state index in [1.165, 1.54) is 0 Å². The highest BCUT2D eigenvalue weighted by atomic mass is 16.5. The fraction of sp³-hybridized carbons (Fsp3) is 0.938. The first kappa shape index (κ1) is 17.4. The second-order valence-corrected chi connectivity index (χ2v) is 6.76. The quantitative estimate of drug-likeness (QED) is 0.508. The summed E-state index contributed by atoms with van der Waals surface area (Å²) in [6, 6.07) is 0. The highest BCUT2D eigenvalue weighted by Gasteiger charge is 2.29. The molecule has 0 aliphatic carbocycles. The Kier molecular flexibility index (Phi) is 7.52. The molecule has 0 saturated carbocycles. The summed E-state index contributed by atoms with van der Waals surface area (Å²) in [6.45, 7) is 13.4. The molecule has 1 aliphatic heterocycles. The second-order valence-electron chi connectivity index (χ2n) is 6.76. The maximum absolute atomic E-state index is 12.1. The number of rotatable bonds is 8. The van der Waals surface area contributed by atoms with Crippen LogP contribution in [0.4, 0.5) is 0 Å². The van der Waals surface area contributed by atoms with Crippen molar-refractivity contribution in [2.45, 2.75) is 47.0 Å². The van der Waals surface area contributed by atoms with Crippen LogP contribution in [0.2, 0.25) is 0 Å². The first-order valence-corrected chi connectivity index (χ1v) is 7.89.